The van der Waals surface area contributed by atoms with Crippen molar-refractivity contribution in [2.24, 2.45) is 0 Å². The van der Waals surface area contributed by atoms with Crippen molar-refractivity contribution in [3.8, 4) is 0 Å². The summed E-state index contributed by atoms with van der Waals surface area (Å²) in [6.07, 6.45) is 0. The Balaban J connectivity index is 3.53. The van der Waals surface area contributed by atoms with Gasteiger partial charge in [-0.1, -0.05) is 0 Å². The van der Waals surface area contributed by atoms with Crippen molar-refractivity contribution < 1.29 is 18.5 Å². The van der Waals surface area contributed by atoms with Crippen LogP contribution >= 0.6 is 31.0 Å². The Bertz CT molecular complexity index is 130. The summed E-state index contributed by atoms with van der Waals surface area (Å²) in [5.41, 5.74) is 0. The lowest BCUT2D eigenvalue weighted by Gasteiger charge is -2.21. The minimum Gasteiger partial charge on any atom is -0.756 e. The maximum absolute atomic E-state index is 10.6. The van der Waals surface area contributed by atoms with Crippen LogP contribution in [0.25, 0.3) is 0 Å². The Labute approximate surface area is 75.0 Å². The van der Waals surface area contributed by atoms with E-state index in [2.05, 4.69) is 9.05 Å². The molecule has 0 bridgehead atoms. The first kappa shape index (κ1) is 11.7. The molecule has 0 aliphatic rings. The molecule has 0 aliphatic heterocycles. The smallest absolute Gasteiger partial charge is 0.267 e. The summed E-state index contributed by atoms with van der Waals surface area (Å²) in [7, 11) is -4.14. The molecular formula is C4H8Cl2O4P-. The highest BCUT2D eigenvalue weighted by Gasteiger charge is 2.06. The first-order valence-electron chi connectivity index (χ1n) is 2.84. The predicted molar refractivity (Wildman–Crippen MR) is 41.0 cm³/mol. The monoisotopic (exact) mass is 221 g/mol. The van der Waals surface area contributed by atoms with E-state index in [9.17, 15) is 9.46 Å². The van der Waals surface area contributed by atoms with Gasteiger partial charge < -0.3 is 13.9 Å². The fraction of sp³-hybridized carbons (Fsp3) is 1.00. The van der Waals surface area contributed by atoms with Gasteiger partial charge in [0.1, 0.15) is 0 Å². The van der Waals surface area contributed by atoms with Gasteiger partial charge >= 0.3 is 0 Å². The summed E-state index contributed by atoms with van der Waals surface area (Å²) >= 11 is 10.3. The normalized spacial score (nSPS) is 11.9. The maximum atomic E-state index is 10.6. The molecule has 0 aromatic carbocycles. The van der Waals surface area contributed by atoms with Crippen LogP contribution in [0, 0.1) is 0 Å². The van der Waals surface area contributed by atoms with E-state index < -0.39 is 7.82 Å². The van der Waals surface area contributed by atoms with Gasteiger partial charge in [-0.3, -0.25) is 4.57 Å². The number of hydrogen-bond acceptors (Lipinski definition) is 4. The lowest BCUT2D eigenvalue weighted by molar-refractivity contribution is -0.224. The summed E-state index contributed by atoms with van der Waals surface area (Å²) in [6.45, 7) is -0.158. The van der Waals surface area contributed by atoms with Crippen LogP contribution in [-0.4, -0.2) is 25.0 Å². The second-order valence-electron chi connectivity index (χ2n) is 1.49. The molecule has 0 unspecified atom stereocenters. The van der Waals surface area contributed by atoms with Crippen LogP contribution < -0.4 is 4.89 Å². The topological polar surface area (TPSA) is 58.6 Å². The molecule has 0 rings (SSSR count). The minimum atomic E-state index is -4.14. The molecule has 0 spiro atoms. The number of halogens is 2. The van der Waals surface area contributed by atoms with Crippen LogP contribution in [0.15, 0.2) is 0 Å². The van der Waals surface area contributed by atoms with Crippen molar-refractivity contribution in [3.63, 3.8) is 0 Å². The number of phosphoric ester groups is 1. The average molecular weight is 222 g/mol. The molecule has 0 aromatic rings. The first-order chi connectivity index (χ1) is 5.12. The van der Waals surface area contributed by atoms with E-state index in [0.717, 1.165) is 0 Å². The van der Waals surface area contributed by atoms with E-state index in [-0.39, 0.29) is 25.0 Å². The zero-order chi connectivity index (χ0) is 8.74. The first-order valence-corrected chi connectivity index (χ1v) is 5.37. The van der Waals surface area contributed by atoms with Crippen LogP contribution in [-0.2, 0) is 13.6 Å². The van der Waals surface area contributed by atoms with Gasteiger partial charge in [0.2, 0.25) is 0 Å². The third kappa shape index (κ3) is 7.06. The standard InChI is InChI=1S/C4H9Cl2O4P/c5-1-3-9-11(7,8)10-4-2-6/h1-4H2,(H,7,8)/p-1. The van der Waals surface area contributed by atoms with E-state index in [1.807, 2.05) is 0 Å². The Morgan fingerprint density at radius 3 is 1.82 bits per heavy atom. The zero-order valence-electron chi connectivity index (χ0n) is 5.66. The van der Waals surface area contributed by atoms with Crippen LogP contribution in [0.4, 0.5) is 0 Å². The molecule has 0 N–H and O–H groups in total. The summed E-state index contributed by atoms with van der Waals surface area (Å²) in [6, 6.07) is 0. The molecule has 0 aliphatic carbocycles. The molecule has 0 amide bonds. The SMILES string of the molecule is O=P([O-])(OCCCl)OCCCl. The largest absolute Gasteiger partial charge is 0.756 e. The molecule has 7 heteroatoms. The number of rotatable bonds is 6. The Morgan fingerprint density at radius 1 is 1.18 bits per heavy atom. The molecular weight excluding hydrogens is 214 g/mol. The molecule has 0 fully saturated rings. The lowest BCUT2D eigenvalue weighted by Crippen LogP contribution is -2.10. The molecule has 0 aromatic heterocycles. The molecule has 0 radical (unpaired) electrons. The van der Waals surface area contributed by atoms with E-state index in [1.54, 1.807) is 0 Å². The highest BCUT2D eigenvalue weighted by atomic mass is 35.5. The van der Waals surface area contributed by atoms with Gasteiger partial charge in [0.25, 0.3) is 7.82 Å². The third-order valence-electron chi connectivity index (χ3n) is 0.653. The van der Waals surface area contributed by atoms with Crippen LogP contribution in [0.5, 0.6) is 0 Å². The Morgan fingerprint density at radius 2 is 1.55 bits per heavy atom. The molecule has 4 nitrogen and oxygen atoms in total. The minimum absolute atomic E-state index is 0.0788. The van der Waals surface area contributed by atoms with Crippen molar-refractivity contribution in [2.75, 3.05) is 25.0 Å². The quantitative estimate of drug-likeness (QED) is 0.496. The third-order valence-corrected chi connectivity index (χ3v) is 1.96. The summed E-state index contributed by atoms with van der Waals surface area (Å²) in [4.78, 5) is 10.6. The highest BCUT2D eigenvalue weighted by molar-refractivity contribution is 7.45. The van der Waals surface area contributed by atoms with E-state index in [1.165, 1.54) is 0 Å². The van der Waals surface area contributed by atoms with Gasteiger partial charge in [-0.15, -0.1) is 23.2 Å². The molecule has 0 heterocycles. The second kappa shape index (κ2) is 6.23. The fourth-order valence-corrected chi connectivity index (χ4v) is 1.40. The van der Waals surface area contributed by atoms with Crippen molar-refractivity contribution >= 4 is 31.0 Å². The summed E-state index contributed by atoms with van der Waals surface area (Å²) in [5, 5.41) is 0. The van der Waals surface area contributed by atoms with Gasteiger partial charge in [0.05, 0.1) is 13.2 Å². The second-order valence-corrected chi connectivity index (χ2v) is 3.66. The van der Waals surface area contributed by atoms with Crippen molar-refractivity contribution in [3.05, 3.63) is 0 Å². The van der Waals surface area contributed by atoms with E-state index in [4.69, 9.17) is 23.2 Å². The highest BCUT2D eigenvalue weighted by Crippen LogP contribution is 2.37. The Hall–Kier alpha value is 0.690. The van der Waals surface area contributed by atoms with Gasteiger partial charge in [-0.2, -0.15) is 0 Å². The van der Waals surface area contributed by atoms with Gasteiger partial charge in [0.15, 0.2) is 0 Å². The van der Waals surface area contributed by atoms with Crippen LogP contribution in [0.3, 0.4) is 0 Å². The predicted octanol–water partition coefficient (Wildman–Crippen LogP) is 0.966. The van der Waals surface area contributed by atoms with Crippen molar-refractivity contribution in [1.29, 1.82) is 0 Å². The van der Waals surface area contributed by atoms with Crippen molar-refractivity contribution in [1.82, 2.24) is 0 Å². The average Bonchev–Trinajstić information content (AvgIpc) is 1.97. The number of alkyl halides is 2. The molecule has 0 saturated carbocycles. The molecule has 68 valence electrons. The fourth-order valence-electron chi connectivity index (χ4n) is 0.330. The van der Waals surface area contributed by atoms with Crippen LogP contribution in [0.2, 0.25) is 0 Å². The number of hydrogen-bond donors (Lipinski definition) is 0. The number of phosphoric acid groups is 1. The molecule has 0 atom stereocenters. The van der Waals surface area contributed by atoms with Crippen LogP contribution in [0.1, 0.15) is 0 Å². The van der Waals surface area contributed by atoms with Crippen molar-refractivity contribution in [2.45, 2.75) is 0 Å². The van der Waals surface area contributed by atoms with E-state index >= 15 is 0 Å². The summed E-state index contributed by atoms with van der Waals surface area (Å²) < 4.78 is 19.2. The van der Waals surface area contributed by atoms with Gasteiger partial charge in [-0.05, 0) is 0 Å². The molecule has 11 heavy (non-hydrogen) atoms. The van der Waals surface area contributed by atoms with Gasteiger partial charge in [0, 0.05) is 11.8 Å². The van der Waals surface area contributed by atoms with Gasteiger partial charge in [-0.25, -0.2) is 0 Å². The van der Waals surface area contributed by atoms with E-state index in [0.29, 0.717) is 0 Å². The maximum Gasteiger partial charge on any atom is 0.267 e. The zero-order valence-corrected chi connectivity index (χ0v) is 8.07. The summed E-state index contributed by atoms with van der Waals surface area (Å²) in [5.74, 6) is 0.215. The molecule has 0 saturated heterocycles. The Kier molecular flexibility index (Phi) is 6.62. The lowest BCUT2D eigenvalue weighted by atomic mass is 10.9.